The number of hydrogen-bond acceptors (Lipinski definition) is 3. The summed E-state index contributed by atoms with van der Waals surface area (Å²) in [4.78, 5) is 29.0. The molecule has 0 N–H and O–H groups in total. The lowest BCUT2D eigenvalue weighted by atomic mass is 10.1. The van der Waals surface area contributed by atoms with Crippen molar-refractivity contribution in [2.24, 2.45) is 7.05 Å². The van der Waals surface area contributed by atoms with Crippen molar-refractivity contribution in [1.29, 1.82) is 0 Å². The quantitative estimate of drug-likeness (QED) is 0.747. The zero-order valence-electron chi connectivity index (χ0n) is 10.5. The minimum Gasteiger partial charge on any atom is -0.306 e. The van der Waals surface area contributed by atoms with Crippen molar-refractivity contribution >= 4 is 16.7 Å². The monoisotopic (exact) mass is 246 g/mol. The first-order valence-electron chi connectivity index (χ1n) is 5.47. The summed E-state index contributed by atoms with van der Waals surface area (Å²) in [5.74, 6) is -0.358. The van der Waals surface area contributed by atoms with Gasteiger partial charge in [-0.25, -0.2) is 5.06 Å². The molecule has 0 aliphatic carbocycles. The molecule has 0 spiro atoms. The van der Waals surface area contributed by atoms with Gasteiger partial charge in [-0.15, -0.1) is 0 Å². The molecule has 18 heavy (non-hydrogen) atoms. The molecule has 1 aromatic heterocycles. The third-order valence-electron chi connectivity index (χ3n) is 2.93. The Bertz CT molecular complexity index is 661. The summed E-state index contributed by atoms with van der Waals surface area (Å²) in [5.41, 5.74) is 0.101. The highest BCUT2D eigenvalue weighted by atomic mass is 16.7. The SMILES string of the molecule is CON(C)C(=O)c1cc2ccccc2c(=O)n1C. The highest BCUT2D eigenvalue weighted by molar-refractivity contribution is 5.96. The summed E-state index contributed by atoms with van der Waals surface area (Å²) in [6, 6.07) is 8.86. The van der Waals surface area contributed by atoms with E-state index in [2.05, 4.69) is 0 Å². The van der Waals surface area contributed by atoms with Crippen LogP contribution in [-0.2, 0) is 11.9 Å². The van der Waals surface area contributed by atoms with Crippen LogP contribution in [0.5, 0.6) is 0 Å². The fourth-order valence-corrected chi connectivity index (χ4v) is 1.80. The fraction of sp³-hybridized carbons (Fsp3) is 0.231. The van der Waals surface area contributed by atoms with E-state index in [0.717, 1.165) is 10.4 Å². The summed E-state index contributed by atoms with van der Waals surface area (Å²) in [6.07, 6.45) is 0. The van der Waals surface area contributed by atoms with Gasteiger partial charge in [0.2, 0.25) is 0 Å². The Kier molecular flexibility index (Phi) is 3.16. The van der Waals surface area contributed by atoms with Crippen LogP contribution in [0, 0.1) is 0 Å². The molecule has 0 aliphatic rings. The lowest BCUT2D eigenvalue weighted by molar-refractivity contribution is -0.0763. The minimum absolute atomic E-state index is 0.194. The topological polar surface area (TPSA) is 51.5 Å². The van der Waals surface area contributed by atoms with Crippen LogP contribution in [0.4, 0.5) is 0 Å². The van der Waals surface area contributed by atoms with Gasteiger partial charge < -0.3 is 4.57 Å². The first-order valence-corrected chi connectivity index (χ1v) is 5.47. The molecule has 2 rings (SSSR count). The number of nitrogens with zero attached hydrogens (tertiary/aromatic N) is 2. The number of hydrogen-bond donors (Lipinski definition) is 0. The van der Waals surface area contributed by atoms with Crippen LogP contribution < -0.4 is 5.56 Å². The third kappa shape index (κ3) is 1.89. The maximum absolute atomic E-state index is 12.1. The van der Waals surface area contributed by atoms with Gasteiger partial charge in [-0.3, -0.25) is 14.4 Å². The Labute approximate surface area is 104 Å². The molecule has 1 aromatic carbocycles. The first kappa shape index (κ1) is 12.3. The molecule has 0 fully saturated rings. The molecular weight excluding hydrogens is 232 g/mol. The van der Waals surface area contributed by atoms with E-state index in [1.165, 1.54) is 18.7 Å². The van der Waals surface area contributed by atoms with E-state index in [1.807, 2.05) is 6.07 Å². The summed E-state index contributed by atoms with van der Waals surface area (Å²) in [7, 11) is 4.48. The highest BCUT2D eigenvalue weighted by Gasteiger charge is 2.16. The van der Waals surface area contributed by atoms with Gasteiger partial charge in [0.05, 0.1) is 7.11 Å². The van der Waals surface area contributed by atoms with Crippen molar-refractivity contribution in [2.45, 2.75) is 0 Å². The van der Waals surface area contributed by atoms with Crippen molar-refractivity contribution in [3.05, 3.63) is 46.4 Å². The van der Waals surface area contributed by atoms with E-state index < -0.39 is 0 Å². The Morgan fingerprint density at radius 1 is 1.33 bits per heavy atom. The molecular formula is C13H14N2O3. The Morgan fingerprint density at radius 2 is 2.00 bits per heavy atom. The number of amides is 1. The summed E-state index contributed by atoms with van der Waals surface area (Å²) in [5, 5.41) is 2.42. The Balaban J connectivity index is 2.70. The molecule has 0 aliphatic heterocycles. The van der Waals surface area contributed by atoms with Gasteiger partial charge in [-0.05, 0) is 17.5 Å². The average Bonchev–Trinajstić information content (AvgIpc) is 2.41. The number of benzene rings is 1. The highest BCUT2D eigenvalue weighted by Crippen LogP contribution is 2.12. The second-order valence-corrected chi connectivity index (χ2v) is 3.97. The molecule has 1 amide bonds. The van der Waals surface area contributed by atoms with Crippen LogP contribution in [-0.4, -0.2) is 29.7 Å². The second kappa shape index (κ2) is 4.62. The van der Waals surface area contributed by atoms with Crippen molar-refractivity contribution in [2.75, 3.05) is 14.2 Å². The van der Waals surface area contributed by atoms with E-state index in [-0.39, 0.29) is 11.5 Å². The molecule has 2 aromatic rings. The minimum atomic E-state index is -0.358. The molecule has 5 nitrogen and oxygen atoms in total. The number of fused-ring (bicyclic) bond motifs is 1. The van der Waals surface area contributed by atoms with Gasteiger partial charge in [0.15, 0.2) is 0 Å². The number of hydroxylamine groups is 2. The molecule has 0 bridgehead atoms. The van der Waals surface area contributed by atoms with E-state index in [9.17, 15) is 9.59 Å². The Morgan fingerprint density at radius 3 is 2.67 bits per heavy atom. The lowest BCUT2D eigenvalue weighted by Crippen LogP contribution is -2.32. The van der Waals surface area contributed by atoms with Crippen LogP contribution in [0.2, 0.25) is 0 Å². The summed E-state index contributed by atoms with van der Waals surface area (Å²) >= 11 is 0. The van der Waals surface area contributed by atoms with Crippen molar-refractivity contribution < 1.29 is 9.63 Å². The number of rotatable bonds is 2. The number of carbonyl (C=O) groups excluding carboxylic acids is 1. The lowest BCUT2D eigenvalue weighted by Gasteiger charge is -2.16. The first-order chi connectivity index (χ1) is 8.56. The van der Waals surface area contributed by atoms with Crippen LogP contribution in [0.3, 0.4) is 0 Å². The maximum atomic E-state index is 12.1. The van der Waals surface area contributed by atoms with E-state index in [4.69, 9.17) is 4.84 Å². The predicted octanol–water partition coefficient (Wildman–Crippen LogP) is 1.17. The molecule has 0 radical (unpaired) electrons. The van der Waals surface area contributed by atoms with Crippen molar-refractivity contribution in [1.82, 2.24) is 9.63 Å². The second-order valence-electron chi connectivity index (χ2n) is 3.97. The van der Waals surface area contributed by atoms with Gasteiger partial charge in [0.1, 0.15) is 5.69 Å². The molecule has 0 saturated carbocycles. The van der Waals surface area contributed by atoms with Crippen LogP contribution in [0.25, 0.3) is 10.8 Å². The predicted molar refractivity (Wildman–Crippen MR) is 68.3 cm³/mol. The zero-order valence-corrected chi connectivity index (χ0v) is 10.5. The standard InChI is InChI=1S/C13H14N2O3/c1-14-11(13(17)15(2)18-3)8-9-6-4-5-7-10(9)12(14)16/h4-8H,1-3H3. The van der Waals surface area contributed by atoms with Gasteiger partial charge in [-0.2, -0.15) is 0 Å². The summed E-state index contributed by atoms with van der Waals surface area (Å²) in [6.45, 7) is 0. The van der Waals surface area contributed by atoms with Crippen molar-refractivity contribution in [3.8, 4) is 0 Å². The van der Waals surface area contributed by atoms with Gasteiger partial charge in [0.25, 0.3) is 11.5 Å². The van der Waals surface area contributed by atoms with E-state index in [0.29, 0.717) is 11.1 Å². The number of aromatic nitrogens is 1. The molecule has 5 heteroatoms. The van der Waals surface area contributed by atoms with Gasteiger partial charge in [-0.1, -0.05) is 18.2 Å². The maximum Gasteiger partial charge on any atom is 0.293 e. The fourth-order valence-electron chi connectivity index (χ4n) is 1.80. The average molecular weight is 246 g/mol. The molecule has 0 unspecified atom stereocenters. The van der Waals surface area contributed by atoms with E-state index >= 15 is 0 Å². The number of pyridine rings is 1. The smallest absolute Gasteiger partial charge is 0.293 e. The van der Waals surface area contributed by atoms with Gasteiger partial charge >= 0.3 is 0 Å². The van der Waals surface area contributed by atoms with Crippen LogP contribution in [0.1, 0.15) is 10.5 Å². The third-order valence-corrected chi connectivity index (χ3v) is 2.93. The molecule has 94 valence electrons. The van der Waals surface area contributed by atoms with E-state index in [1.54, 1.807) is 31.3 Å². The summed E-state index contributed by atoms with van der Waals surface area (Å²) < 4.78 is 1.33. The Hall–Kier alpha value is -2.14. The molecule has 1 heterocycles. The zero-order chi connectivity index (χ0) is 13.3. The van der Waals surface area contributed by atoms with Crippen LogP contribution in [0.15, 0.2) is 35.1 Å². The normalized spacial score (nSPS) is 10.6. The molecule has 0 saturated heterocycles. The van der Waals surface area contributed by atoms with Gasteiger partial charge in [0, 0.05) is 19.5 Å². The number of carbonyl (C=O) groups is 1. The van der Waals surface area contributed by atoms with Crippen molar-refractivity contribution in [3.63, 3.8) is 0 Å². The van der Waals surface area contributed by atoms with Crippen LogP contribution >= 0.6 is 0 Å². The molecule has 0 atom stereocenters. The largest absolute Gasteiger partial charge is 0.306 e.